The predicted octanol–water partition coefficient (Wildman–Crippen LogP) is 3.76. The number of nitrogen functional groups attached to an aromatic ring is 1. The Morgan fingerprint density at radius 2 is 1.97 bits per heavy atom. The average molecular weight is 383 g/mol. The van der Waals surface area contributed by atoms with Gasteiger partial charge in [0.1, 0.15) is 11.9 Å². The molecule has 142 valence electrons. The lowest BCUT2D eigenvalue weighted by atomic mass is 10.2. The van der Waals surface area contributed by atoms with Gasteiger partial charge in [0.2, 0.25) is 0 Å². The van der Waals surface area contributed by atoms with E-state index in [0.717, 1.165) is 22.4 Å². The summed E-state index contributed by atoms with van der Waals surface area (Å²) in [5.41, 5.74) is 9.94. The summed E-state index contributed by atoms with van der Waals surface area (Å²) < 4.78 is 6.36. The van der Waals surface area contributed by atoms with Gasteiger partial charge in [-0.3, -0.25) is 0 Å². The summed E-state index contributed by atoms with van der Waals surface area (Å²) in [6.45, 7) is 0. The molecule has 0 saturated heterocycles. The van der Waals surface area contributed by atoms with Gasteiger partial charge in [-0.25, -0.2) is 9.78 Å². The molecular weight excluding hydrogens is 366 g/mol. The number of aromatic amines is 1. The second-order valence-corrected chi connectivity index (χ2v) is 6.34. The fourth-order valence-electron chi connectivity index (χ4n) is 3.09. The number of nitriles is 1. The molecule has 0 atom stereocenters. The molecule has 0 bridgehead atoms. The summed E-state index contributed by atoms with van der Waals surface area (Å²) in [6.07, 6.45) is 5.37. The molecule has 0 aliphatic heterocycles. The van der Waals surface area contributed by atoms with Gasteiger partial charge in [-0.15, -0.1) is 0 Å². The van der Waals surface area contributed by atoms with Crippen LogP contribution in [0.25, 0.3) is 28.9 Å². The molecule has 3 N–H and O–H groups in total. The summed E-state index contributed by atoms with van der Waals surface area (Å²) in [4.78, 5) is 19.9. The average Bonchev–Trinajstić information content (AvgIpc) is 3.32. The van der Waals surface area contributed by atoms with Crippen LogP contribution < -0.4 is 5.73 Å². The van der Waals surface area contributed by atoms with Gasteiger partial charge in [-0.05, 0) is 35.9 Å². The van der Waals surface area contributed by atoms with Crippen molar-refractivity contribution in [1.29, 1.82) is 5.26 Å². The van der Waals surface area contributed by atoms with E-state index < -0.39 is 5.97 Å². The van der Waals surface area contributed by atoms with Crippen LogP contribution in [0.5, 0.6) is 0 Å². The molecule has 0 amide bonds. The van der Waals surface area contributed by atoms with Crippen LogP contribution in [0.1, 0.15) is 27.4 Å². The number of esters is 1. The Morgan fingerprint density at radius 1 is 1.21 bits per heavy atom. The molecular formula is C22H17N5O2. The minimum atomic E-state index is -0.599. The van der Waals surface area contributed by atoms with Crippen molar-refractivity contribution in [2.75, 3.05) is 12.8 Å². The Morgan fingerprint density at radius 3 is 2.66 bits per heavy atom. The molecule has 0 spiro atoms. The maximum Gasteiger partial charge on any atom is 0.357 e. The first-order chi connectivity index (χ1) is 14.1. The van der Waals surface area contributed by atoms with Crippen LogP contribution in [-0.4, -0.2) is 27.6 Å². The highest BCUT2D eigenvalue weighted by molar-refractivity contribution is 5.96. The van der Waals surface area contributed by atoms with Gasteiger partial charge in [0.15, 0.2) is 5.69 Å². The third kappa shape index (κ3) is 3.35. The molecule has 2 heterocycles. The molecule has 0 aliphatic rings. The van der Waals surface area contributed by atoms with Crippen molar-refractivity contribution >= 4 is 34.8 Å². The number of nitrogens with two attached hydrogens (primary N) is 1. The molecule has 2 aromatic heterocycles. The van der Waals surface area contributed by atoms with Crippen LogP contribution in [0.2, 0.25) is 0 Å². The van der Waals surface area contributed by atoms with Gasteiger partial charge in [0.25, 0.3) is 0 Å². The minimum Gasteiger partial charge on any atom is -0.464 e. The van der Waals surface area contributed by atoms with E-state index in [9.17, 15) is 10.1 Å². The Bertz CT molecular complexity index is 1240. The quantitative estimate of drug-likeness (QED) is 0.521. The van der Waals surface area contributed by atoms with Crippen LogP contribution >= 0.6 is 0 Å². The normalized spacial score (nSPS) is 11.0. The summed E-state index contributed by atoms with van der Waals surface area (Å²) in [5, 5.41) is 9.22. The van der Waals surface area contributed by atoms with E-state index in [1.807, 2.05) is 66.8 Å². The first-order valence-corrected chi connectivity index (χ1v) is 8.83. The topological polar surface area (TPSA) is 110 Å². The molecule has 7 nitrogen and oxygen atoms in total. The van der Waals surface area contributed by atoms with Crippen molar-refractivity contribution in [2.24, 2.45) is 0 Å². The molecule has 0 saturated carbocycles. The van der Waals surface area contributed by atoms with Crippen LogP contribution in [0.15, 0.2) is 54.7 Å². The van der Waals surface area contributed by atoms with Crippen molar-refractivity contribution in [2.45, 2.75) is 0 Å². The number of carbonyl (C=O) groups excluding carboxylic acids is 1. The number of rotatable bonds is 4. The van der Waals surface area contributed by atoms with Crippen molar-refractivity contribution in [1.82, 2.24) is 14.5 Å². The number of nitrogens with one attached hydrogen (secondary N) is 1. The van der Waals surface area contributed by atoms with E-state index in [1.165, 1.54) is 13.3 Å². The minimum absolute atomic E-state index is 0.105. The number of ether oxygens (including phenoxy) is 1. The zero-order chi connectivity index (χ0) is 20.4. The van der Waals surface area contributed by atoms with Gasteiger partial charge >= 0.3 is 5.97 Å². The number of aromatic nitrogens is 3. The monoisotopic (exact) mass is 383 g/mol. The lowest BCUT2D eigenvalue weighted by molar-refractivity contribution is 0.0593. The fraction of sp³-hybridized carbons (Fsp3) is 0.0455. The van der Waals surface area contributed by atoms with Crippen molar-refractivity contribution in [3.8, 4) is 11.8 Å². The number of hydrogen-bond acceptors (Lipinski definition) is 5. The number of imidazole rings is 1. The first-order valence-electron chi connectivity index (χ1n) is 8.83. The highest BCUT2D eigenvalue weighted by atomic mass is 16.5. The molecule has 0 radical (unpaired) electrons. The third-order valence-corrected chi connectivity index (χ3v) is 4.56. The van der Waals surface area contributed by atoms with E-state index in [2.05, 4.69) is 9.97 Å². The molecule has 4 aromatic rings. The molecule has 0 fully saturated rings. The highest BCUT2D eigenvalue weighted by Gasteiger charge is 2.21. The molecule has 2 aromatic carbocycles. The number of anilines is 1. The van der Waals surface area contributed by atoms with Crippen LogP contribution in [-0.2, 0) is 4.74 Å². The van der Waals surface area contributed by atoms with Crippen molar-refractivity contribution < 1.29 is 9.53 Å². The van der Waals surface area contributed by atoms with Gasteiger partial charge in [-0.2, -0.15) is 5.26 Å². The Kier molecular flexibility index (Phi) is 4.59. The largest absolute Gasteiger partial charge is 0.464 e. The van der Waals surface area contributed by atoms with Crippen molar-refractivity contribution in [3.63, 3.8) is 0 Å². The highest BCUT2D eigenvalue weighted by Crippen LogP contribution is 2.25. The summed E-state index contributed by atoms with van der Waals surface area (Å²) >= 11 is 0. The summed E-state index contributed by atoms with van der Waals surface area (Å²) in [6, 6.07) is 17.3. The third-order valence-electron chi connectivity index (χ3n) is 4.56. The lowest BCUT2D eigenvalue weighted by Crippen LogP contribution is -2.11. The van der Waals surface area contributed by atoms with Crippen molar-refractivity contribution in [3.05, 3.63) is 77.4 Å². The molecule has 0 aliphatic carbocycles. The van der Waals surface area contributed by atoms with E-state index in [-0.39, 0.29) is 16.9 Å². The van der Waals surface area contributed by atoms with E-state index in [0.29, 0.717) is 5.69 Å². The second kappa shape index (κ2) is 7.37. The Balaban J connectivity index is 1.63. The maximum atomic E-state index is 12.1. The van der Waals surface area contributed by atoms with E-state index in [4.69, 9.17) is 10.5 Å². The second-order valence-electron chi connectivity index (χ2n) is 6.34. The van der Waals surface area contributed by atoms with Gasteiger partial charge in [-0.1, -0.05) is 30.3 Å². The number of H-pyrrole nitrogens is 1. The number of nitrogens with zero attached hydrogens (tertiary/aromatic N) is 3. The van der Waals surface area contributed by atoms with Crippen LogP contribution in [0.4, 0.5) is 5.69 Å². The van der Waals surface area contributed by atoms with E-state index in [1.54, 1.807) is 4.57 Å². The van der Waals surface area contributed by atoms with Crippen LogP contribution in [0.3, 0.4) is 0 Å². The van der Waals surface area contributed by atoms with Gasteiger partial charge in [0.05, 0.1) is 29.4 Å². The van der Waals surface area contributed by atoms with Crippen LogP contribution in [0, 0.1) is 11.3 Å². The number of para-hydroxylation sites is 2. The Hall–Kier alpha value is -4.31. The SMILES string of the molecule is COC(=O)c1c(N)c(C#N)cn1-c1ccc(C=Cc2nc3ccccc3[nH]2)cc1. The first kappa shape index (κ1) is 18.1. The summed E-state index contributed by atoms with van der Waals surface area (Å²) in [7, 11) is 1.27. The lowest BCUT2D eigenvalue weighted by Gasteiger charge is -2.08. The number of hydrogen-bond donors (Lipinski definition) is 2. The number of benzene rings is 2. The molecule has 29 heavy (non-hydrogen) atoms. The maximum absolute atomic E-state index is 12.1. The zero-order valence-corrected chi connectivity index (χ0v) is 15.6. The van der Waals surface area contributed by atoms with Gasteiger partial charge in [0, 0.05) is 11.9 Å². The Labute approximate surface area is 166 Å². The molecule has 0 unspecified atom stereocenters. The standard InChI is InChI=1S/C22H17N5O2/c1-29-22(28)21-20(24)15(12-23)13-27(21)16-9-6-14(7-10-16)8-11-19-25-17-4-2-3-5-18(17)26-19/h2-11,13H,24H2,1H3,(H,25,26). The zero-order valence-electron chi connectivity index (χ0n) is 15.6. The summed E-state index contributed by atoms with van der Waals surface area (Å²) in [5.74, 6) is 0.165. The molecule has 7 heteroatoms. The molecule has 4 rings (SSSR count). The number of fused-ring (bicyclic) bond motifs is 1. The number of carbonyl (C=O) groups is 1. The number of methoxy groups -OCH3 is 1. The predicted molar refractivity (Wildman–Crippen MR) is 111 cm³/mol. The van der Waals surface area contributed by atoms with E-state index >= 15 is 0 Å². The smallest absolute Gasteiger partial charge is 0.357 e. The fourth-order valence-corrected chi connectivity index (χ4v) is 3.09. The van der Waals surface area contributed by atoms with Gasteiger partial charge < -0.3 is 20.0 Å².